The molecule has 0 aliphatic rings. The number of halogens is 1. The SMILES string of the molecule is CCCCCN(CC(=O)Nc1cc(C(C)(C)C)nn1-c1ccccc1Cl)C(=O)Nc1c(C(C)C)cccc1C(C)C. The van der Waals surface area contributed by atoms with Crippen LogP contribution >= 0.6 is 11.6 Å². The molecule has 3 amide bonds. The van der Waals surface area contributed by atoms with Gasteiger partial charge >= 0.3 is 6.03 Å². The van der Waals surface area contributed by atoms with Gasteiger partial charge in [0, 0.05) is 23.7 Å². The van der Waals surface area contributed by atoms with Crippen LogP contribution < -0.4 is 10.6 Å². The minimum absolute atomic E-state index is 0.0883. The van der Waals surface area contributed by atoms with Gasteiger partial charge in [-0.2, -0.15) is 5.10 Å². The van der Waals surface area contributed by atoms with E-state index >= 15 is 0 Å². The highest BCUT2D eigenvalue weighted by molar-refractivity contribution is 6.32. The van der Waals surface area contributed by atoms with Crippen molar-refractivity contribution < 1.29 is 9.59 Å². The minimum Gasteiger partial charge on any atom is -0.315 e. The Balaban J connectivity index is 1.89. The summed E-state index contributed by atoms with van der Waals surface area (Å²) >= 11 is 6.50. The number of carbonyl (C=O) groups excluding carboxylic acids is 2. The van der Waals surface area contributed by atoms with Gasteiger partial charge in [-0.3, -0.25) is 4.79 Å². The summed E-state index contributed by atoms with van der Waals surface area (Å²) in [5.41, 5.74) is 4.26. The first-order valence-electron chi connectivity index (χ1n) is 14.7. The standard InChI is InChI=1S/C33H46ClN5O2/c1-9-10-13-19-38(32(41)36-31-24(22(2)3)15-14-16-25(31)23(4)5)21-30(40)35-29-20-28(33(6,7)8)37-39(29)27-18-12-11-17-26(27)34/h11-12,14-18,20,22-23H,9-10,13,19,21H2,1-8H3,(H,35,40)(H,36,41). The van der Waals surface area contributed by atoms with Crippen LogP contribution in [0.2, 0.25) is 5.02 Å². The number of urea groups is 1. The van der Waals surface area contributed by atoms with Crippen molar-refractivity contribution >= 4 is 35.0 Å². The molecule has 3 rings (SSSR count). The maximum absolute atomic E-state index is 13.7. The van der Waals surface area contributed by atoms with Gasteiger partial charge in [0.2, 0.25) is 5.91 Å². The van der Waals surface area contributed by atoms with Crippen LogP contribution in [0.15, 0.2) is 48.5 Å². The molecule has 2 aromatic carbocycles. The van der Waals surface area contributed by atoms with Crippen molar-refractivity contribution in [2.45, 2.75) is 91.9 Å². The summed E-state index contributed by atoms with van der Waals surface area (Å²) in [6.07, 6.45) is 2.80. The average molecular weight is 580 g/mol. The van der Waals surface area contributed by atoms with Crippen LogP contribution in [-0.2, 0) is 10.2 Å². The topological polar surface area (TPSA) is 79.3 Å². The van der Waals surface area contributed by atoms with Crippen LogP contribution in [0.5, 0.6) is 0 Å². The number of anilines is 2. The number of carbonyl (C=O) groups is 2. The molecule has 0 spiro atoms. The molecule has 3 aromatic rings. The molecule has 0 saturated carbocycles. The quantitative estimate of drug-likeness (QED) is 0.223. The summed E-state index contributed by atoms with van der Waals surface area (Å²) in [7, 11) is 0. The third-order valence-electron chi connectivity index (χ3n) is 7.08. The van der Waals surface area contributed by atoms with E-state index in [1.54, 1.807) is 15.6 Å². The summed E-state index contributed by atoms with van der Waals surface area (Å²) in [4.78, 5) is 28.8. The second-order valence-electron chi connectivity index (χ2n) is 12.3. The number of hydrogen-bond acceptors (Lipinski definition) is 3. The highest BCUT2D eigenvalue weighted by atomic mass is 35.5. The van der Waals surface area contributed by atoms with Crippen molar-refractivity contribution in [3.05, 3.63) is 70.4 Å². The lowest BCUT2D eigenvalue weighted by Gasteiger charge is -2.26. The van der Waals surface area contributed by atoms with Gasteiger partial charge in [-0.25, -0.2) is 9.48 Å². The van der Waals surface area contributed by atoms with E-state index in [1.165, 1.54) is 0 Å². The van der Waals surface area contributed by atoms with Crippen LogP contribution in [0.1, 0.15) is 103 Å². The van der Waals surface area contributed by atoms with Crippen LogP contribution in [0, 0.1) is 0 Å². The fourth-order valence-corrected chi connectivity index (χ4v) is 4.90. The Hall–Kier alpha value is -3.32. The molecular formula is C33H46ClN5O2. The number of amides is 3. The monoisotopic (exact) mass is 579 g/mol. The Morgan fingerprint density at radius 3 is 2.15 bits per heavy atom. The van der Waals surface area contributed by atoms with Crippen molar-refractivity contribution in [2.75, 3.05) is 23.7 Å². The normalized spacial score (nSPS) is 11.7. The lowest BCUT2D eigenvalue weighted by Crippen LogP contribution is -2.41. The fraction of sp³-hybridized carbons (Fsp3) is 0.485. The van der Waals surface area contributed by atoms with Gasteiger partial charge in [0.05, 0.1) is 16.4 Å². The van der Waals surface area contributed by atoms with Gasteiger partial charge in [-0.1, -0.05) is 110 Å². The minimum atomic E-state index is -0.300. The second kappa shape index (κ2) is 14.0. The molecule has 0 saturated heterocycles. The number of para-hydroxylation sites is 2. The van der Waals surface area contributed by atoms with E-state index < -0.39 is 0 Å². The van der Waals surface area contributed by atoms with Crippen molar-refractivity contribution in [3.8, 4) is 5.69 Å². The molecule has 222 valence electrons. The van der Waals surface area contributed by atoms with E-state index in [0.717, 1.165) is 41.8 Å². The molecular weight excluding hydrogens is 534 g/mol. The Bertz CT molecular complexity index is 1310. The molecule has 0 bridgehead atoms. The summed E-state index contributed by atoms with van der Waals surface area (Å²) in [5, 5.41) is 11.5. The highest BCUT2D eigenvalue weighted by Crippen LogP contribution is 2.33. The summed E-state index contributed by atoms with van der Waals surface area (Å²) in [6.45, 7) is 17.2. The van der Waals surface area contributed by atoms with Gasteiger partial charge < -0.3 is 15.5 Å². The Kier molecular flexibility index (Phi) is 11.0. The van der Waals surface area contributed by atoms with Crippen molar-refractivity contribution in [3.63, 3.8) is 0 Å². The Morgan fingerprint density at radius 1 is 0.951 bits per heavy atom. The van der Waals surface area contributed by atoms with Crippen LogP contribution in [-0.4, -0.2) is 39.7 Å². The molecule has 0 atom stereocenters. The number of hydrogen-bond donors (Lipinski definition) is 2. The van der Waals surface area contributed by atoms with E-state index in [-0.39, 0.29) is 35.7 Å². The molecule has 1 aromatic heterocycles. The van der Waals surface area contributed by atoms with Crippen LogP contribution in [0.4, 0.5) is 16.3 Å². The number of nitrogens with zero attached hydrogens (tertiary/aromatic N) is 3. The summed E-state index contributed by atoms with van der Waals surface area (Å²) in [5.74, 6) is 0.687. The Morgan fingerprint density at radius 2 is 1.59 bits per heavy atom. The number of nitrogens with one attached hydrogen (secondary N) is 2. The molecule has 0 aliphatic heterocycles. The molecule has 0 unspecified atom stereocenters. The summed E-state index contributed by atoms with van der Waals surface area (Å²) < 4.78 is 1.66. The predicted octanol–water partition coefficient (Wildman–Crippen LogP) is 8.73. The van der Waals surface area contributed by atoms with Crippen molar-refractivity contribution in [1.82, 2.24) is 14.7 Å². The molecule has 0 fully saturated rings. The number of aromatic nitrogens is 2. The molecule has 7 nitrogen and oxygen atoms in total. The second-order valence-corrected chi connectivity index (χ2v) is 12.7. The van der Waals surface area contributed by atoms with Crippen LogP contribution in [0.3, 0.4) is 0 Å². The van der Waals surface area contributed by atoms with Gasteiger partial charge in [-0.05, 0) is 41.5 Å². The van der Waals surface area contributed by atoms with E-state index in [4.69, 9.17) is 16.7 Å². The van der Waals surface area contributed by atoms with Gasteiger partial charge in [0.15, 0.2) is 0 Å². The molecule has 1 heterocycles. The third-order valence-corrected chi connectivity index (χ3v) is 7.40. The fourth-order valence-electron chi connectivity index (χ4n) is 4.69. The Labute approximate surface area is 250 Å². The van der Waals surface area contributed by atoms with E-state index in [2.05, 4.69) is 78.2 Å². The smallest absolute Gasteiger partial charge is 0.315 e. The first-order valence-corrected chi connectivity index (χ1v) is 15.0. The maximum Gasteiger partial charge on any atom is 0.322 e. The largest absolute Gasteiger partial charge is 0.322 e. The van der Waals surface area contributed by atoms with E-state index in [9.17, 15) is 9.59 Å². The molecule has 0 radical (unpaired) electrons. The third kappa shape index (κ3) is 8.35. The van der Waals surface area contributed by atoms with Gasteiger partial charge in [-0.15, -0.1) is 0 Å². The van der Waals surface area contributed by atoms with Crippen molar-refractivity contribution in [2.24, 2.45) is 0 Å². The number of rotatable bonds is 11. The number of unbranched alkanes of at least 4 members (excludes halogenated alkanes) is 2. The molecule has 8 heteroatoms. The maximum atomic E-state index is 13.7. The van der Waals surface area contributed by atoms with Gasteiger partial charge in [0.1, 0.15) is 12.4 Å². The van der Waals surface area contributed by atoms with Crippen molar-refractivity contribution in [1.29, 1.82) is 0 Å². The first-order chi connectivity index (χ1) is 19.3. The summed E-state index contributed by atoms with van der Waals surface area (Å²) in [6, 6.07) is 15.1. The molecule has 41 heavy (non-hydrogen) atoms. The first kappa shape index (κ1) is 32.2. The lowest BCUT2D eigenvalue weighted by molar-refractivity contribution is -0.116. The predicted molar refractivity (Wildman–Crippen MR) is 171 cm³/mol. The molecule has 0 aliphatic carbocycles. The average Bonchev–Trinajstić information content (AvgIpc) is 3.32. The zero-order valence-corrected chi connectivity index (χ0v) is 26.6. The van der Waals surface area contributed by atoms with E-state index in [0.29, 0.717) is 23.1 Å². The zero-order valence-electron chi connectivity index (χ0n) is 25.8. The lowest BCUT2D eigenvalue weighted by atomic mass is 9.92. The zero-order chi connectivity index (χ0) is 30.3. The van der Waals surface area contributed by atoms with Crippen LogP contribution in [0.25, 0.3) is 5.69 Å². The molecule has 2 N–H and O–H groups in total. The van der Waals surface area contributed by atoms with Gasteiger partial charge in [0.25, 0.3) is 0 Å². The highest BCUT2D eigenvalue weighted by Gasteiger charge is 2.25. The van der Waals surface area contributed by atoms with E-state index in [1.807, 2.05) is 30.3 Å². The number of benzene rings is 2.